The molecule has 0 saturated carbocycles. The van der Waals surface area contributed by atoms with E-state index in [1.165, 1.54) is 27.2 Å². The lowest BCUT2D eigenvalue weighted by Gasteiger charge is -2.15. The second kappa shape index (κ2) is 13.4. The van der Waals surface area contributed by atoms with Gasteiger partial charge in [0.1, 0.15) is 12.1 Å². The SMILES string of the molecule is COC(=O)[C@@H](N)CCNC(=O)Oc1c2ccccc2c(OC(=O)NCC[C@H](N)C(=O)OC)c2oc(C(C)=O)cc12. The Morgan fingerprint density at radius 3 is 1.75 bits per heavy atom. The third-order valence-corrected chi connectivity index (χ3v) is 5.79. The highest BCUT2D eigenvalue weighted by Gasteiger charge is 2.25. The van der Waals surface area contributed by atoms with Crippen LogP contribution in [0.2, 0.25) is 0 Å². The minimum atomic E-state index is -0.931. The number of nitrogens with two attached hydrogens (primary N) is 2. The molecule has 2 aromatic carbocycles. The fourth-order valence-electron chi connectivity index (χ4n) is 3.72. The van der Waals surface area contributed by atoms with Crippen molar-refractivity contribution in [1.29, 1.82) is 0 Å². The lowest BCUT2D eigenvalue weighted by molar-refractivity contribution is -0.143. The molecule has 0 aliphatic rings. The summed E-state index contributed by atoms with van der Waals surface area (Å²) < 4.78 is 26.0. The van der Waals surface area contributed by atoms with Crippen molar-refractivity contribution in [2.24, 2.45) is 11.5 Å². The van der Waals surface area contributed by atoms with Gasteiger partial charge in [0.2, 0.25) is 0 Å². The van der Waals surface area contributed by atoms with Crippen LogP contribution in [0.25, 0.3) is 21.7 Å². The number of hydrogen-bond acceptors (Lipinski definition) is 12. The van der Waals surface area contributed by atoms with Crippen LogP contribution in [-0.4, -0.2) is 69.3 Å². The zero-order valence-corrected chi connectivity index (χ0v) is 22.1. The average Bonchev–Trinajstić information content (AvgIpc) is 3.39. The molecular formula is C26H30N4O10. The molecule has 1 aromatic heterocycles. The van der Waals surface area contributed by atoms with E-state index in [9.17, 15) is 24.0 Å². The zero-order chi connectivity index (χ0) is 29.4. The highest BCUT2D eigenvalue weighted by Crippen LogP contribution is 2.44. The molecule has 0 aliphatic heterocycles. The molecule has 2 amide bonds. The number of carbonyl (C=O) groups is 5. The Morgan fingerprint density at radius 2 is 1.27 bits per heavy atom. The normalized spacial score (nSPS) is 12.3. The predicted octanol–water partition coefficient (Wildman–Crippen LogP) is 1.75. The maximum absolute atomic E-state index is 12.6. The Hall–Kier alpha value is -4.69. The lowest BCUT2D eigenvalue weighted by Crippen LogP contribution is -2.37. The molecule has 6 N–H and O–H groups in total. The standard InChI is InChI=1S/C26H30N4O10/c1-13(31)19-12-16-20(39-25(34)29-10-8-17(27)23(32)36-2)14-6-4-5-7-15(14)21(22(16)38-19)40-26(35)30-11-9-18(28)24(33)37-3/h4-7,12,17-18H,8-11,27-28H2,1-3H3,(H,29,34)(H,30,35)/t17-,18-/m0/s1. The molecular weight excluding hydrogens is 528 g/mol. The van der Waals surface area contributed by atoms with Crippen molar-refractivity contribution in [2.45, 2.75) is 31.8 Å². The van der Waals surface area contributed by atoms with Gasteiger partial charge >= 0.3 is 24.1 Å². The quantitative estimate of drug-likeness (QED) is 0.196. The number of benzene rings is 2. The lowest BCUT2D eigenvalue weighted by atomic mass is 10.1. The summed E-state index contributed by atoms with van der Waals surface area (Å²) in [6.07, 6.45) is -1.54. The van der Waals surface area contributed by atoms with Gasteiger partial charge in [0, 0.05) is 30.8 Å². The van der Waals surface area contributed by atoms with Crippen molar-refractivity contribution in [2.75, 3.05) is 27.3 Å². The molecule has 3 rings (SSSR count). The van der Waals surface area contributed by atoms with Crippen LogP contribution in [0.4, 0.5) is 9.59 Å². The Labute approximate surface area is 228 Å². The van der Waals surface area contributed by atoms with E-state index in [0.29, 0.717) is 10.8 Å². The van der Waals surface area contributed by atoms with Gasteiger partial charge in [-0.25, -0.2) is 9.59 Å². The maximum Gasteiger partial charge on any atom is 0.412 e. The van der Waals surface area contributed by atoms with Gasteiger partial charge in [0.05, 0.1) is 19.6 Å². The van der Waals surface area contributed by atoms with Crippen LogP contribution < -0.4 is 31.6 Å². The maximum atomic E-state index is 12.6. The molecule has 0 aliphatic carbocycles. The number of Topliss-reactive ketones (excluding diaryl/α,β-unsaturated/α-hetero) is 1. The summed E-state index contributed by atoms with van der Waals surface area (Å²) in [4.78, 5) is 60.3. The molecule has 0 fully saturated rings. The van der Waals surface area contributed by atoms with E-state index in [1.807, 2.05) is 0 Å². The summed E-state index contributed by atoms with van der Waals surface area (Å²) in [5.41, 5.74) is 11.4. The van der Waals surface area contributed by atoms with Crippen LogP contribution in [0, 0.1) is 0 Å². The van der Waals surface area contributed by atoms with Crippen molar-refractivity contribution >= 4 is 51.7 Å². The van der Waals surface area contributed by atoms with Crippen LogP contribution >= 0.6 is 0 Å². The fourth-order valence-corrected chi connectivity index (χ4v) is 3.72. The number of furan rings is 1. The molecule has 3 aromatic rings. The van der Waals surface area contributed by atoms with Gasteiger partial charge in [0.15, 0.2) is 28.6 Å². The molecule has 0 bridgehead atoms. The number of ether oxygens (including phenoxy) is 4. The number of amides is 2. The number of fused-ring (bicyclic) bond motifs is 2. The summed E-state index contributed by atoms with van der Waals surface area (Å²) in [7, 11) is 2.41. The average molecular weight is 559 g/mol. The van der Waals surface area contributed by atoms with E-state index >= 15 is 0 Å². The molecule has 0 unspecified atom stereocenters. The summed E-state index contributed by atoms with van der Waals surface area (Å²) >= 11 is 0. The van der Waals surface area contributed by atoms with E-state index in [2.05, 4.69) is 20.1 Å². The summed E-state index contributed by atoms with van der Waals surface area (Å²) in [6.45, 7) is 1.31. The second-order valence-corrected chi connectivity index (χ2v) is 8.58. The molecule has 40 heavy (non-hydrogen) atoms. The minimum Gasteiger partial charge on any atom is -0.468 e. The Balaban J connectivity index is 1.90. The first-order valence-corrected chi connectivity index (χ1v) is 12.1. The first-order valence-electron chi connectivity index (χ1n) is 12.1. The highest BCUT2D eigenvalue weighted by molar-refractivity contribution is 6.12. The first kappa shape index (κ1) is 29.9. The van der Waals surface area contributed by atoms with E-state index in [4.69, 9.17) is 25.4 Å². The number of esters is 2. The van der Waals surface area contributed by atoms with Crippen molar-refractivity contribution in [3.05, 3.63) is 36.1 Å². The van der Waals surface area contributed by atoms with Gasteiger partial charge in [-0.1, -0.05) is 24.3 Å². The van der Waals surface area contributed by atoms with Crippen LogP contribution in [0.15, 0.2) is 34.7 Å². The molecule has 14 nitrogen and oxygen atoms in total. The molecule has 14 heteroatoms. The number of ketones is 1. The van der Waals surface area contributed by atoms with E-state index in [0.717, 1.165) is 0 Å². The third-order valence-electron chi connectivity index (χ3n) is 5.79. The Morgan fingerprint density at radius 1 is 0.800 bits per heavy atom. The van der Waals surface area contributed by atoms with Crippen LogP contribution in [0.5, 0.6) is 11.5 Å². The van der Waals surface area contributed by atoms with E-state index in [-0.39, 0.29) is 54.2 Å². The van der Waals surface area contributed by atoms with Crippen molar-refractivity contribution in [3.63, 3.8) is 0 Å². The number of rotatable bonds is 11. The largest absolute Gasteiger partial charge is 0.468 e. The van der Waals surface area contributed by atoms with E-state index in [1.54, 1.807) is 24.3 Å². The summed E-state index contributed by atoms with van der Waals surface area (Å²) in [6, 6.07) is 6.11. The predicted molar refractivity (Wildman–Crippen MR) is 141 cm³/mol. The number of hydrogen-bond donors (Lipinski definition) is 4. The Kier molecular flexibility index (Phi) is 10.00. The van der Waals surface area contributed by atoms with Crippen LogP contribution in [0.3, 0.4) is 0 Å². The monoisotopic (exact) mass is 558 g/mol. The third kappa shape index (κ3) is 7.03. The Bertz CT molecular complexity index is 1340. The van der Waals surface area contributed by atoms with Crippen molar-refractivity contribution in [3.8, 4) is 11.5 Å². The minimum absolute atomic E-state index is 0.00796. The number of methoxy groups -OCH3 is 2. The van der Waals surface area contributed by atoms with Gasteiger partial charge < -0.3 is 45.5 Å². The molecule has 214 valence electrons. The van der Waals surface area contributed by atoms with Crippen LogP contribution in [0.1, 0.15) is 30.3 Å². The van der Waals surface area contributed by atoms with Gasteiger partial charge in [0.25, 0.3) is 0 Å². The number of carbonyl (C=O) groups excluding carboxylic acids is 5. The molecule has 1 heterocycles. The van der Waals surface area contributed by atoms with Gasteiger partial charge in [-0.05, 0) is 18.9 Å². The fraction of sp³-hybridized carbons (Fsp3) is 0.346. The summed E-state index contributed by atoms with van der Waals surface area (Å²) in [5, 5.41) is 5.92. The second-order valence-electron chi connectivity index (χ2n) is 8.58. The molecule has 0 spiro atoms. The van der Waals surface area contributed by atoms with Gasteiger partial charge in [-0.2, -0.15) is 0 Å². The van der Waals surface area contributed by atoms with Gasteiger partial charge in [-0.15, -0.1) is 0 Å². The molecule has 0 radical (unpaired) electrons. The smallest absolute Gasteiger partial charge is 0.412 e. The zero-order valence-electron chi connectivity index (χ0n) is 22.1. The molecule has 0 saturated heterocycles. The topological polar surface area (TPSA) is 212 Å². The summed E-state index contributed by atoms with van der Waals surface area (Å²) in [5.74, 6) is -1.70. The van der Waals surface area contributed by atoms with Crippen molar-refractivity contribution in [1.82, 2.24) is 10.6 Å². The van der Waals surface area contributed by atoms with E-state index < -0.39 is 42.0 Å². The first-order chi connectivity index (χ1) is 19.1. The number of nitrogens with one attached hydrogen (secondary N) is 2. The van der Waals surface area contributed by atoms with Crippen molar-refractivity contribution < 1.29 is 47.3 Å². The van der Waals surface area contributed by atoms with Gasteiger partial charge in [-0.3, -0.25) is 14.4 Å². The van der Waals surface area contributed by atoms with Crippen LogP contribution in [-0.2, 0) is 19.1 Å². The molecule has 2 atom stereocenters. The highest BCUT2D eigenvalue weighted by atomic mass is 16.6.